The lowest BCUT2D eigenvalue weighted by Crippen LogP contribution is -2.39. The Kier molecular flexibility index (Phi) is 7.47. The molecule has 0 N–H and O–H groups in total. The Balaban J connectivity index is 1.10. The van der Waals surface area contributed by atoms with Gasteiger partial charge in [-0.1, -0.05) is 90.5 Å². The highest BCUT2D eigenvalue weighted by Gasteiger charge is 2.26. The Bertz CT molecular complexity index is 1900. The minimum absolute atomic E-state index is 0.256. The first-order chi connectivity index (χ1) is 21.1. The summed E-state index contributed by atoms with van der Waals surface area (Å²) in [7, 11) is 0. The van der Waals surface area contributed by atoms with Gasteiger partial charge in [0.1, 0.15) is 17.9 Å². The molecule has 6 aromatic rings. The minimum atomic E-state index is -0.256. The van der Waals surface area contributed by atoms with Crippen LogP contribution in [-0.4, -0.2) is 43.4 Å². The third-order valence-corrected chi connectivity index (χ3v) is 8.44. The Morgan fingerprint density at radius 2 is 1.63 bits per heavy atom. The molecule has 43 heavy (non-hydrogen) atoms. The summed E-state index contributed by atoms with van der Waals surface area (Å²) in [6.45, 7) is 1.61. The number of benzene rings is 3. The number of ether oxygens (including phenoxy) is 1. The van der Waals surface area contributed by atoms with Gasteiger partial charge in [0, 0.05) is 48.4 Å². The standard InChI is InChI=1S/C35H30ClN5O2/c36-34-33-32(28-12-11-27-13-14-29(38-30(27)22-28)26-9-5-2-6-10-26)39-31(41(33)20-17-37-34)21-24-15-18-40(19-16-24)35(42)43-23-25-7-3-1-4-8-25/h1-14,17,20,22,24H,15-16,18-19,21,23H2. The van der Waals surface area contributed by atoms with E-state index in [-0.39, 0.29) is 12.7 Å². The molecule has 0 bridgehead atoms. The van der Waals surface area contributed by atoms with Crippen molar-refractivity contribution in [3.05, 3.63) is 120 Å². The molecule has 1 saturated heterocycles. The summed E-state index contributed by atoms with van der Waals surface area (Å²) in [6, 6.07) is 30.3. The Morgan fingerprint density at radius 3 is 2.42 bits per heavy atom. The molecule has 0 spiro atoms. The molecule has 1 fully saturated rings. The van der Waals surface area contributed by atoms with Crippen LogP contribution in [-0.2, 0) is 17.8 Å². The van der Waals surface area contributed by atoms with Crippen molar-refractivity contribution in [3.63, 3.8) is 0 Å². The number of amides is 1. The maximum Gasteiger partial charge on any atom is 0.410 e. The molecule has 0 radical (unpaired) electrons. The maximum atomic E-state index is 12.7. The number of likely N-dealkylation sites (tertiary alicyclic amines) is 1. The van der Waals surface area contributed by atoms with Gasteiger partial charge in [0.2, 0.25) is 0 Å². The predicted octanol–water partition coefficient (Wildman–Crippen LogP) is 7.86. The number of carbonyl (C=O) groups is 1. The average molecular weight is 588 g/mol. The van der Waals surface area contributed by atoms with Crippen LogP contribution < -0.4 is 0 Å². The van der Waals surface area contributed by atoms with Crippen LogP contribution in [0.1, 0.15) is 24.2 Å². The first-order valence-electron chi connectivity index (χ1n) is 14.6. The Labute approximate surface area is 254 Å². The molecular weight excluding hydrogens is 558 g/mol. The van der Waals surface area contributed by atoms with E-state index in [4.69, 9.17) is 26.3 Å². The second-order valence-electron chi connectivity index (χ2n) is 11.0. The minimum Gasteiger partial charge on any atom is -0.445 e. The zero-order chi connectivity index (χ0) is 29.2. The quantitative estimate of drug-likeness (QED) is 0.198. The molecule has 0 unspecified atom stereocenters. The van der Waals surface area contributed by atoms with Crippen molar-refractivity contribution in [2.45, 2.75) is 25.9 Å². The highest BCUT2D eigenvalue weighted by molar-refractivity contribution is 6.33. The number of rotatable bonds is 6. The fraction of sp³-hybridized carbons (Fsp3) is 0.200. The first kappa shape index (κ1) is 27.1. The predicted molar refractivity (Wildman–Crippen MR) is 169 cm³/mol. The van der Waals surface area contributed by atoms with Crippen molar-refractivity contribution in [2.75, 3.05) is 13.1 Å². The molecule has 7 rings (SSSR count). The number of hydrogen-bond acceptors (Lipinski definition) is 5. The summed E-state index contributed by atoms with van der Waals surface area (Å²) in [6.07, 6.45) is 5.92. The fourth-order valence-electron chi connectivity index (χ4n) is 5.83. The highest BCUT2D eigenvalue weighted by Crippen LogP contribution is 2.33. The molecule has 3 aromatic heterocycles. The molecule has 1 amide bonds. The monoisotopic (exact) mass is 587 g/mol. The summed E-state index contributed by atoms with van der Waals surface area (Å²) in [5.41, 5.74) is 6.42. The van der Waals surface area contributed by atoms with Crippen LogP contribution in [0.15, 0.2) is 103 Å². The third kappa shape index (κ3) is 5.68. The van der Waals surface area contributed by atoms with Gasteiger partial charge in [-0.05, 0) is 36.5 Å². The van der Waals surface area contributed by atoms with Gasteiger partial charge in [-0.15, -0.1) is 0 Å². The largest absolute Gasteiger partial charge is 0.445 e. The van der Waals surface area contributed by atoms with Crippen LogP contribution in [0.5, 0.6) is 0 Å². The fourth-order valence-corrected chi connectivity index (χ4v) is 6.07. The number of halogens is 1. The van der Waals surface area contributed by atoms with Crippen molar-refractivity contribution in [1.82, 2.24) is 24.3 Å². The molecule has 8 heteroatoms. The summed E-state index contributed by atoms with van der Waals surface area (Å²) < 4.78 is 7.61. The molecule has 4 heterocycles. The topological polar surface area (TPSA) is 72.6 Å². The lowest BCUT2D eigenvalue weighted by atomic mass is 9.93. The number of aromatic nitrogens is 4. The van der Waals surface area contributed by atoms with Gasteiger partial charge < -0.3 is 9.64 Å². The summed E-state index contributed by atoms with van der Waals surface area (Å²) in [5, 5.41) is 1.48. The zero-order valence-corrected chi connectivity index (χ0v) is 24.3. The number of pyridine rings is 1. The van der Waals surface area contributed by atoms with Gasteiger partial charge >= 0.3 is 6.09 Å². The second kappa shape index (κ2) is 11.9. The third-order valence-electron chi connectivity index (χ3n) is 8.17. The highest BCUT2D eigenvalue weighted by atomic mass is 35.5. The van der Waals surface area contributed by atoms with Crippen molar-refractivity contribution in [3.8, 4) is 22.5 Å². The molecule has 1 aliphatic rings. The molecule has 3 aromatic carbocycles. The lowest BCUT2D eigenvalue weighted by Gasteiger charge is -2.31. The average Bonchev–Trinajstić information content (AvgIpc) is 3.43. The van der Waals surface area contributed by atoms with E-state index in [9.17, 15) is 4.79 Å². The van der Waals surface area contributed by atoms with E-state index in [0.717, 1.165) is 69.6 Å². The number of carbonyl (C=O) groups excluding carboxylic acids is 1. The van der Waals surface area contributed by atoms with Crippen LogP contribution in [0, 0.1) is 5.92 Å². The van der Waals surface area contributed by atoms with Gasteiger partial charge in [0.25, 0.3) is 0 Å². The molecule has 0 saturated carbocycles. The molecule has 214 valence electrons. The summed E-state index contributed by atoms with van der Waals surface area (Å²) in [4.78, 5) is 28.9. The van der Waals surface area contributed by atoms with E-state index in [1.807, 2.05) is 54.7 Å². The SMILES string of the molecule is O=C(OCc1ccccc1)N1CCC(Cc2nc(-c3ccc4ccc(-c5ccccc5)nc4c3)c3c(Cl)nccn23)CC1. The Hall–Kier alpha value is -4.75. The normalized spacial score (nSPS) is 13.9. The van der Waals surface area contributed by atoms with E-state index in [1.54, 1.807) is 11.1 Å². The van der Waals surface area contributed by atoms with Gasteiger partial charge in [0.15, 0.2) is 5.15 Å². The van der Waals surface area contributed by atoms with Crippen molar-refractivity contribution >= 4 is 34.1 Å². The zero-order valence-electron chi connectivity index (χ0n) is 23.6. The van der Waals surface area contributed by atoms with Crippen molar-refractivity contribution in [2.24, 2.45) is 5.92 Å². The van der Waals surface area contributed by atoms with Crippen molar-refractivity contribution < 1.29 is 9.53 Å². The summed E-state index contributed by atoms with van der Waals surface area (Å²) >= 11 is 6.67. The molecule has 1 aliphatic heterocycles. The van der Waals surface area contributed by atoms with Gasteiger partial charge in [0.05, 0.1) is 16.9 Å². The maximum absolute atomic E-state index is 12.7. The van der Waals surface area contributed by atoms with Gasteiger partial charge in [-0.2, -0.15) is 0 Å². The molecule has 7 nitrogen and oxygen atoms in total. The van der Waals surface area contributed by atoms with Crippen LogP contribution in [0.4, 0.5) is 4.79 Å². The number of fused-ring (bicyclic) bond motifs is 2. The van der Waals surface area contributed by atoms with Gasteiger partial charge in [-0.25, -0.2) is 19.7 Å². The molecule has 0 aliphatic carbocycles. The molecule has 0 atom stereocenters. The lowest BCUT2D eigenvalue weighted by molar-refractivity contribution is 0.0821. The van der Waals surface area contributed by atoms with Gasteiger partial charge in [-0.3, -0.25) is 4.40 Å². The van der Waals surface area contributed by atoms with E-state index in [1.165, 1.54) is 0 Å². The molecular formula is C35H30ClN5O2. The van der Waals surface area contributed by atoms with E-state index in [2.05, 4.69) is 51.8 Å². The van der Waals surface area contributed by atoms with E-state index < -0.39 is 0 Å². The summed E-state index contributed by atoms with van der Waals surface area (Å²) in [5.74, 6) is 1.32. The van der Waals surface area contributed by atoms with E-state index >= 15 is 0 Å². The number of piperidine rings is 1. The van der Waals surface area contributed by atoms with Crippen LogP contribution in [0.25, 0.3) is 38.9 Å². The van der Waals surface area contributed by atoms with Crippen LogP contribution in [0.2, 0.25) is 5.15 Å². The second-order valence-corrected chi connectivity index (χ2v) is 11.3. The smallest absolute Gasteiger partial charge is 0.410 e. The Morgan fingerprint density at radius 1 is 0.884 bits per heavy atom. The first-order valence-corrected chi connectivity index (χ1v) is 14.9. The van der Waals surface area contributed by atoms with E-state index in [0.29, 0.717) is 24.2 Å². The number of imidazole rings is 1. The van der Waals surface area contributed by atoms with Crippen LogP contribution >= 0.6 is 11.6 Å². The van der Waals surface area contributed by atoms with Crippen molar-refractivity contribution in [1.29, 1.82) is 0 Å². The number of nitrogens with zero attached hydrogens (tertiary/aromatic N) is 5. The van der Waals surface area contributed by atoms with Crippen LogP contribution in [0.3, 0.4) is 0 Å². The number of hydrogen-bond donors (Lipinski definition) is 0.